The minimum atomic E-state index is -0.997. The molecular formula is C55H40ClFN6O11S3. The fourth-order valence-electron chi connectivity index (χ4n) is 6.90. The van der Waals surface area contributed by atoms with Crippen molar-refractivity contribution in [2.75, 3.05) is 0 Å². The number of carbonyl (C=O) groups excluding carboxylic acids is 6. The molecule has 3 heterocycles. The number of amides is 6. The molecule has 0 unspecified atom stereocenters. The Kier molecular flexibility index (Phi) is 18.9. The largest absolute Gasteiger partial charge is 0.488 e. The highest BCUT2D eigenvalue weighted by Crippen LogP contribution is 2.26. The third kappa shape index (κ3) is 15.6. The lowest BCUT2D eigenvalue weighted by Gasteiger charge is -2.17. The van der Waals surface area contributed by atoms with Crippen molar-refractivity contribution < 1.29 is 57.3 Å². The predicted molar refractivity (Wildman–Crippen MR) is 294 cm³/mol. The third-order valence-corrected chi connectivity index (χ3v) is 11.6. The number of benzene rings is 6. The summed E-state index contributed by atoms with van der Waals surface area (Å²) in [7, 11) is 0. The van der Waals surface area contributed by atoms with E-state index in [0.717, 1.165) is 11.1 Å². The van der Waals surface area contributed by atoms with E-state index < -0.39 is 41.4 Å². The van der Waals surface area contributed by atoms with Crippen molar-refractivity contribution in [3.05, 3.63) is 212 Å². The molecule has 6 aromatic carbocycles. The maximum atomic E-state index is 13.7. The minimum Gasteiger partial charge on any atom is -0.488 e. The van der Waals surface area contributed by atoms with Gasteiger partial charge in [-0.2, -0.15) is 0 Å². The number of carboxylic acid groups (broad SMARTS) is 1. The van der Waals surface area contributed by atoms with Crippen LogP contribution in [0.3, 0.4) is 0 Å². The summed E-state index contributed by atoms with van der Waals surface area (Å²) in [6, 6.07) is 40.8. The van der Waals surface area contributed by atoms with Gasteiger partial charge in [-0.15, -0.1) is 0 Å². The van der Waals surface area contributed by atoms with Crippen LogP contribution in [0.5, 0.6) is 17.2 Å². The van der Waals surface area contributed by atoms with Crippen LogP contribution in [0.1, 0.15) is 43.7 Å². The smallest absolute Gasteiger partial charge is 0.335 e. The van der Waals surface area contributed by atoms with Gasteiger partial charge in [-0.25, -0.2) is 9.18 Å². The van der Waals surface area contributed by atoms with Crippen LogP contribution in [0, 0.1) is 5.82 Å². The number of carbonyl (C=O) groups is 7. The second-order valence-corrected chi connectivity index (χ2v) is 17.7. The maximum Gasteiger partial charge on any atom is 0.335 e. The molecule has 0 spiro atoms. The fraction of sp³-hybridized carbons (Fsp3) is 0.0545. The summed E-state index contributed by atoms with van der Waals surface area (Å²) in [5.74, 6) is -3.32. The molecule has 0 saturated carbocycles. The van der Waals surface area contributed by atoms with Crippen molar-refractivity contribution in [2.45, 2.75) is 19.8 Å². The van der Waals surface area contributed by atoms with Gasteiger partial charge < -0.3 is 19.3 Å². The first-order chi connectivity index (χ1) is 37.0. The molecule has 3 saturated heterocycles. The number of thiocarbonyl (C=S) groups is 3. The van der Waals surface area contributed by atoms with Gasteiger partial charge in [0.1, 0.15) is 59.6 Å². The summed E-state index contributed by atoms with van der Waals surface area (Å²) < 4.78 is 31.0. The molecule has 22 heteroatoms. The molecule has 3 fully saturated rings. The summed E-state index contributed by atoms with van der Waals surface area (Å²) in [4.78, 5) is 82.6. The molecule has 0 atom stereocenters. The first-order valence-electron chi connectivity index (χ1n) is 22.6. The van der Waals surface area contributed by atoms with Gasteiger partial charge in [0.25, 0.3) is 35.4 Å². The van der Waals surface area contributed by atoms with Crippen LogP contribution in [0.15, 0.2) is 162 Å². The Balaban J connectivity index is 0.000000168. The molecule has 17 nitrogen and oxygen atoms in total. The van der Waals surface area contributed by atoms with E-state index in [1.54, 1.807) is 109 Å². The van der Waals surface area contributed by atoms with Crippen molar-refractivity contribution >= 4 is 123 Å². The van der Waals surface area contributed by atoms with Crippen molar-refractivity contribution in [3.8, 4) is 17.2 Å². The van der Waals surface area contributed by atoms with Gasteiger partial charge in [0, 0.05) is 27.3 Å². The molecule has 0 aromatic heterocycles. The Labute approximate surface area is 459 Å². The average molecular weight is 1110 g/mol. The van der Waals surface area contributed by atoms with Crippen LogP contribution in [-0.2, 0) is 48.6 Å². The number of halogens is 2. The lowest BCUT2D eigenvalue weighted by atomic mass is 10.1. The lowest BCUT2D eigenvalue weighted by Crippen LogP contribution is -2.51. The summed E-state index contributed by atoms with van der Waals surface area (Å²) in [6.45, 7) is 0.553. The highest BCUT2D eigenvalue weighted by molar-refractivity contribution is 7.80. The maximum absolute atomic E-state index is 13.7. The molecule has 77 heavy (non-hydrogen) atoms. The first-order valence-corrected chi connectivity index (χ1v) is 24.2. The Morgan fingerprint density at radius 3 is 1.12 bits per heavy atom. The van der Waals surface area contributed by atoms with Crippen molar-refractivity contribution in [2.24, 2.45) is 0 Å². The van der Waals surface area contributed by atoms with Gasteiger partial charge in [-0.1, -0.05) is 109 Å². The lowest BCUT2D eigenvalue weighted by molar-refractivity contribution is -0.124. The van der Waals surface area contributed by atoms with E-state index >= 15 is 0 Å². The number of para-hydroxylation sites is 3. The quantitative estimate of drug-likeness (QED) is 0.0349. The number of rotatable bonds is 13. The van der Waals surface area contributed by atoms with Crippen LogP contribution in [0.4, 0.5) is 4.39 Å². The van der Waals surface area contributed by atoms with E-state index in [0.29, 0.717) is 51.1 Å². The van der Waals surface area contributed by atoms with E-state index in [9.17, 15) is 38.0 Å². The fourth-order valence-corrected chi connectivity index (χ4v) is 7.58. The Bertz CT molecular complexity index is 3400. The van der Waals surface area contributed by atoms with Crippen LogP contribution in [0.2, 0.25) is 5.02 Å². The van der Waals surface area contributed by atoms with Gasteiger partial charge in [0.2, 0.25) is 0 Å². The average Bonchev–Trinajstić information content (AvgIpc) is 3.40. The number of hydrogen-bond acceptors (Lipinski definition) is 13. The van der Waals surface area contributed by atoms with Gasteiger partial charge in [-0.05, 0) is 115 Å². The van der Waals surface area contributed by atoms with Gasteiger partial charge >= 0.3 is 5.97 Å². The summed E-state index contributed by atoms with van der Waals surface area (Å²) in [5.41, 5.74) is 3.81. The normalized spacial score (nSPS) is 13.8. The molecule has 6 amide bonds. The van der Waals surface area contributed by atoms with Gasteiger partial charge in [0.15, 0.2) is 15.3 Å². The zero-order chi connectivity index (χ0) is 55.0. The van der Waals surface area contributed by atoms with Gasteiger partial charge in [-0.3, -0.25) is 60.7 Å². The van der Waals surface area contributed by atoms with Crippen LogP contribution in [0.25, 0.3) is 18.2 Å². The van der Waals surface area contributed by atoms with Crippen molar-refractivity contribution in [1.82, 2.24) is 31.9 Å². The molecule has 0 radical (unpaired) electrons. The van der Waals surface area contributed by atoms with Crippen LogP contribution in [-0.4, -0.2) is 61.9 Å². The van der Waals surface area contributed by atoms with E-state index in [4.69, 9.17) is 67.6 Å². The number of nitrogens with one attached hydrogen (secondary N) is 6. The number of hydrogen-bond donors (Lipinski definition) is 7. The number of ether oxygens (including phenoxy) is 3. The molecule has 6 aromatic rings. The summed E-state index contributed by atoms with van der Waals surface area (Å²) in [6.07, 6.45) is 4.31. The SMILES string of the molecule is O=C1NC(=S)NC(=O)C1=Cc1ccccc1OCc1ccc(C(=O)O)cc1.O=C1NC(=S)NC(=O)C1=Cc1ccccc1OCc1ccc(Cl)cc1.O=C1NC(=S)NC(=O)C1=Cc1ccccc1OCc1ccccc1F. The topological polar surface area (TPSA) is 240 Å². The Morgan fingerprint density at radius 1 is 0.455 bits per heavy atom. The molecule has 388 valence electrons. The third-order valence-electron chi connectivity index (χ3n) is 10.7. The zero-order valence-corrected chi connectivity index (χ0v) is 42.9. The minimum absolute atomic E-state index is 0.000534. The first kappa shape index (κ1) is 55.5. The van der Waals surface area contributed by atoms with Crippen LogP contribution < -0.4 is 46.1 Å². The zero-order valence-electron chi connectivity index (χ0n) is 39.7. The highest BCUT2D eigenvalue weighted by Gasteiger charge is 2.28. The van der Waals surface area contributed by atoms with E-state index in [1.165, 1.54) is 36.4 Å². The molecule has 3 aliphatic rings. The number of carboxylic acids is 1. The molecule has 3 aliphatic heterocycles. The molecule has 7 N–H and O–H groups in total. The molecule has 0 aliphatic carbocycles. The molecular weight excluding hydrogens is 1070 g/mol. The summed E-state index contributed by atoms with van der Waals surface area (Å²) in [5, 5.41) is 23.8. The van der Waals surface area contributed by atoms with E-state index in [2.05, 4.69) is 31.9 Å². The van der Waals surface area contributed by atoms with Crippen molar-refractivity contribution in [1.29, 1.82) is 0 Å². The number of aromatic carboxylic acids is 1. The predicted octanol–water partition coefficient (Wildman–Crippen LogP) is 7.03. The monoisotopic (exact) mass is 1110 g/mol. The Hall–Kier alpha value is -9.28. The summed E-state index contributed by atoms with van der Waals surface area (Å²) >= 11 is 20.2. The van der Waals surface area contributed by atoms with Crippen molar-refractivity contribution in [3.63, 3.8) is 0 Å². The standard InChI is InChI=1S/C19H14N2O5S.C18H13ClN2O3S.C18H13FN2O3S/c22-16-14(17(23)21-19(27)20-16)9-13-3-1-2-4-15(13)26-10-11-5-7-12(8-6-11)18(24)25;19-13-7-5-11(6-8-13)10-24-15-4-2-1-3-12(15)9-14-16(22)20-18(25)21-17(14)23;19-14-7-3-1-6-12(14)10-24-15-8-4-2-5-11(15)9-13-16(22)20-18(25)21-17(13)23/h1-9H,10H2,(H,24,25)(H2,20,21,22,23,27);2*1-9H,10H2,(H2,20,21,22,23,25). The molecule has 0 bridgehead atoms. The van der Waals surface area contributed by atoms with Gasteiger partial charge in [0.05, 0.1) is 5.56 Å². The van der Waals surface area contributed by atoms with E-state index in [1.807, 2.05) is 18.2 Å². The highest BCUT2D eigenvalue weighted by atomic mass is 35.5. The van der Waals surface area contributed by atoms with E-state index in [-0.39, 0.29) is 56.7 Å². The Morgan fingerprint density at radius 2 is 0.766 bits per heavy atom. The second kappa shape index (κ2) is 26.3. The second-order valence-electron chi connectivity index (χ2n) is 16.1. The molecule has 9 rings (SSSR count). The van der Waals surface area contributed by atoms with Crippen LogP contribution >= 0.6 is 48.3 Å².